The summed E-state index contributed by atoms with van der Waals surface area (Å²) in [5, 5.41) is 2.57. The van der Waals surface area contributed by atoms with Crippen molar-refractivity contribution in [1.29, 1.82) is 0 Å². The Morgan fingerprint density at radius 1 is 0.960 bits per heavy atom. The van der Waals surface area contributed by atoms with Crippen LogP contribution in [0.15, 0.2) is 48.7 Å². The summed E-state index contributed by atoms with van der Waals surface area (Å²) >= 11 is 0. The first-order valence-corrected chi connectivity index (χ1v) is 9.39. The Kier molecular flexibility index (Phi) is 3.91. The van der Waals surface area contributed by atoms with E-state index in [9.17, 15) is 0 Å². The lowest BCUT2D eigenvalue weighted by molar-refractivity contribution is 0.376. The van der Waals surface area contributed by atoms with Crippen LogP contribution in [0.25, 0.3) is 22.0 Å². The smallest absolute Gasteiger partial charge is 0.0780 e. The van der Waals surface area contributed by atoms with Crippen LogP contribution in [-0.2, 0) is 0 Å². The molecule has 1 heterocycles. The van der Waals surface area contributed by atoms with Crippen LogP contribution in [0.1, 0.15) is 55.7 Å². The molecule has 25 heavy (non-hydrogen) atoms. The molecule has 1 nitrogen and oxygen atoms in total. The lowest BCUT2D eigenvalue weighted by Gasteiger charge is -2.18. The monoisotopic (exact) mass is 329 g/mol. The topological polar surface area (TPSA) is 12.9 Å². The van der Waals surface area contributed by atoms with Crippen molar-refractivity contribution in [2.75, 3.05) is 0 Å². The molecule has 0 N–H and O–H groups in total. The van der Waals surface area contributed by atoms with Crippen LogP contribution in [0, 0.1) is 19.3 Å². The number of rotatable bonds is 2. The Bertz CT molecular complexity index is 916. The van der Waals surface area contributed by atoms with Gasteiger partial charge in [-0.05, 0) is 73.6 Å². The highest BCUT2D eigenvalue weighted by molar-refractivity contribution is 5.95. The molecule has 0 amide bonds. The average Bonchev–Trinajstić information content (AvgIpc) is 2.93. The van der Waals surface area contributed by atoms with Crippen LogP contribution >= 0.6 is 0 Å². The van der Waals surface area contributed by atoms with Crippen molar-refractivity contribution in [3.05, 3.63) is 65.4 Å². The Morgan fingerprint density at radius 2 is 1.72 bits per heavy atom. The SMILES string of the molecule is Cc1cc(C)cc(-c2nccc3cc(C4CCC(C)(C)C4)ccc23)c1. The Balaban J connectivity index is 1.78. The fraction of sp³-hybridized carbons (Fsp3) is 0.375. The Morgan fingerprint density at radius 3 is 2.40 bits per heavy atom. The summed E-state index contributed by atoms with van der Waals surface area (Å²) in [7, 11) is 0. The van der Waals surface area contributed by atoms with Crippen LogP contribution in [0.3, 0.4) is 0 Å². The molecular weight excluding hydrogens is 302 g/mol. The van der Waals surface area contributed by atoms with E-state index in [1.807, 2.05) is 6.20 Å². The van der Waals surface area contributed by atoms with Crippen molar-refractivity contribution in [1.82, 2.24) is 4.98 Å². The van der Waals surface area contributed by atoms with Crippen molar-refractivity contribution in [3.8, 4) is 11.3 Å². The molecule has 1 aliphatic carbocycles. The van der Waals surface area contributed by atoms with Gasteiger partial charge in [0.15, 0.2) is 0 Å². The summed E-state index contributed by atoms with van der Waals surface area (Å²) < 4.78 is 0. The fourth-order valence-corrected chi connectivity index (χ4v) is 4.51. The van der Waals surface area contributed by atoms with E-state index < -0.39 is 0 Å². The summed E-state index contributed by atoms with van der Waals surface area (Å²) in [5.74, 6) is 0.706. The van der Waals surface area contributed by atoms with Gasteiger partial charge in [-0.2, -0.15) is 0 Å². The van der Waals surface area contributed by atoms with E-state index in [2.05, 4.69) is 70.2 Å². The van der Waals surface area contributed by atoms with Gasteiger partial charge in [0.1, 0.15) is 0 Å². The summed E-state index contributed by atoms with van der Waals surface area (Å²) in [6, 6.07) is 15.9. The molecule has 1 saturated carbocycles. The van der Waals surface area contributed by atoms with Gasteiger partial charge in [0, 0.05) is 17.1 Å². The highest BCUT2D eigenvalue weighted by Gasteiger charge is 2.31. The van der Waals surface area contributed by atoms with Crippen molar-refractivity contribution in [2.24, 2.45) is 5.41 Å². The molecule has 2 aromatic carbocycles. The van der Waals surface area contributed by atoms with E-state index in [0.29, 0.717) is 11.3 Å². The van der Waals surface area contributed by atoms with Gasteiger partial charge >= 0.3 is 0 Å². The second-order valence-corrected chi connectivity index (χ2v) is 8.62. The van der Waals surface area contributed by atoms with Crippen molar-refractivity contribution in [3.63, 3.8) is 0 Å². The number of pyridine rings is 1. The van der Waals surface area contributed by atoms with Gasteiger partial charge < -0.3 is 0 Å². The van der Waals surface area contributed by atoms with Crippen molar-refractivity contribution >= 4 is 10.8 Å². The van der Waals surface area contributed by atoms with Crippen LogP contribution < -0.4 is 0 Å². The maximum absolute atomic E-state index is 4.71. The highest BCUT2D eigenvalue weighted by atomic mass is 14.7. The van der Waals surface area contributed by atoms with Gasteiger partial charge in [-0.25, -0.2) is 0 Å². The van der Waals surface area contributed by atoms with Gasteiger partial charge in [0.2, 0.25) is 0 Å². The number of hydrogen-bond donors (Lipinski definition) is 0. The van der Waals surface area contributed by atoms with Gasteiger partial charge in [0.05, 0.1) is 5.69 Å². The Hall–Kier alpha value is -2.15. The summed E-state index contributed by atoms with van der Waals surface area (Å²) in [5.41, 5.74) is 6.88. The molecule has 1 atom stereocenters. The van der Waals surface area contributed by atoms with Gasteiger partial charge in [-0.3, -0.25) is 4.98 Å². The van der Waals surface area contributed by atoms with E-state index in [4.69, 9.17) is 4.98 Å². The first-order valence-electron chi connectivity index (χ1n) is 9.39. The molecule has 0 saturated heterocycles. The van der Waals surface area contributed by atoms with Gasteiger partial charge in [-0.15, -0.1) is 0 Å². The third-order valence-corrected chi connectivity index (χ3v) is 5.72. The van der Waals surface area contributed by atoms with E-state index in [-0.39, 0.29) is 0 Å². The third-order valence-electron chi connectivity index (χ3n) is 5.72. The first kappa shape index (κ1) is 16.3. The number of nitrogens with zero attached hydrogens (tertiary/aromatic N) is 1. The summed E-state index contributed by atoms with van der Waals surface area (Å²) in [6.07, 6.45) is 5.90. The predicted molar refractivity (Wildman–Crippen MR) is 107 cm³/mol. The lowest BCUT2D eigenvalue weighted by Crippen LogP contribution is -2.04. The van der Waals surface area contributed by atoms with Crippen molar-refractivity contribution < 1.29 is 0 Å². The molecule has 1 aliphatic rings. The van der Waals surface area contributed by atoms with Crippen LogP contribution in [-0.4, -0.2) is 4.98 Å². The first-order chi connectivity index (χ1) is 11.9. The van der Waals surface area contributed by atoms with Crippen LogP contribution in [0.5, 0.6) is 0 Å². The van der Waals surface area contributed by atoms with Crippen LogP contribution in [0.2, 0.25) is 0 Å². The van der Waals surface area contributed by atoms with E-state index >= 15 is 0 Å². The number of hydrogen-bond acceptors (Lipinski definition) is 1. The van der Waals surface area contributed by atoms with Crippen LogP contribution in [0.4, 0.5) is 0 Å². The van der Waals surface area contributed by atoms with E-state index in [1.165, 1.54) is 52.3 Å². The maximum atomic E-state index is 4.71. The van der Waals surface area contributed by atoms with E-state index in [1.54, 1.807) is 0 Å². The molecule has 4 rings (SSSR count). The highest BCUT2D eigenvalue weighted by Crippen LogP contribution is 2.46. The second-order valence-electron chi connectivity index (χ2n) is 8.62. The molecule has 128 valence electrons. The zero-order valence-electron chi connectivity index (χ0n) is 15.8. The predicted octanol–water partition coefficient (Wildman–Crippen LogP) is 6.81. The zero-order valence-corrected chi connectivity index (χ0v) is 15.8. The lowest BCUT2D eigenvalue weighted by atomic mass is 9.88. The quantitative estimate of drug-likeness (QED) is 0.503. The Labute approximate surface area is 151 Å². The molecule has 0 aliphatic heterocycles. The van der Waals surface area contributed by atoms with Gasteiger partial charge in [0.25, 0.3) is 0 Å². The third kappa shape index (κ3) is 3.20. The molecule has 3 aromatic rings. The summed E-state index contributed by atoms with van der Waals surface area (Å²) in [4.78, 5) is 4.71. The van der Waals surface area contributed by atoms with E-state index in [0.717, 1.165) is 5.69 Å². The fourth-order valence-electron chi connectivity index (χ4n) is 4.51. The summed E-state index contributed by atoms with van der Waals surface area (Å²) in [6.45, 7) is 9.11. The number of benzene rings is 2. The minimum atomic E-state index is 0.488. The molecular formula is C24H27N. The molecule has 0 spiro atoms. The largest absolute Gasteiger partial charge is 0.256 e. The second kappa shape index (κ2) is 5.98. The number of aryl methyl sites for hydroxylation is 2. The molecule has 1 fully saturated rings. The van der Waals surface area contributed by atoms with Gasteiger partial charge in [-0.1, -0.05) is 49.2 Å². The maximum Gasteiger partial charge on any atom is 0.0780 e. The molecule has 1 aromatic heterocycles. The molecule has 0 radical (unpaired) electrons. The zero-order chi connectivity index (χ0) is 17.6. The number of fused-ring (bicyclic) bond motifs is 1. The normalized spacial score (nSPS) is 19.4. The number of aromatic nitrogens is 1. The average molecular weight is 329 g/mol. The molecule has 0 bridgehead atoms. The standard InChI is InChI=1S/C24H27N/c1-16-11-17(2)13-21(12-16)23-22-6-5-18(14-19(22)8-10-25-23)20-7-9-24(3,4)15-20/h5-6,8,10-14,20H,7,9,15H2,1-4H3. The minimum absolute atomic E-state index is 0.488. The van der Waals surface area contributed by atoms with Crippen molar-refractivity contribution in [2.45, 2.75) is 52.9 Å². The molecule has 1 heteroatoms. The molecule has 1 unspecified atom stereocenters. The minimum Gasteiger partial charge on any atom is -0.256 e.